The molecule has 0 aliphatic carbocycles. The first-order valence-electron chi connectivity index (χ1n) is 17.9. The van der Waals surface area contributed by atoms with Crippen LogP contribution in [0.15, 0.2) is 60.0 Å². The molecule has 0 saturated carbocycles. The zero-order chi connectivity index (χ0) is 42.5. The monoisotopic (exact) mass is 868 g/mol. The van der Waals surface area contributed by atoms with Crippen LogP contribution < -0.4 is 27.8 Å². The molecule has 9 atom stereocenters. The Morgan fingerprint density at radius 2 is 1.76 bits per heavy atom. The lowest BCUT2D eigenvalue weighted by molar-refractivity contribution is -0.160. The number of aliphatic hydroxyl groups excluding tert-OH is 1. The number of imidazole rings is 1. The molecule has 5 heterocycles. The average Bonchev–Trinajstić information content (AvgIpc) is 3.87. The summed E-state index contributed by atoms with van der Waals surface area (Å²) in [5.74, 6) is -1.60. The van der Waals surface area contributed by atoms with Gasteiger partial charge in [-0.15, -0.1) is 0 Å². The maximum Gasteiger partial charge on any atom is 0.472 e. The number of nitrogens with zero attached hydrogens (tertiary/aromatic N) is 6. The Balaban J connectivity index is 1.23. The van der Waals surface area contributed by atoms with Gasteiger partial charge in [-0.25, -0.2) is 33.7 Å². The number of hydrogen-bond acceptors (Lipinski definition) is 19. The lowest BCUT2D eigenvalue weighted by atomic mass is 10.1. The van der Waals surface area contributed by atoms with Gasteiger partial charge < -0.3 is 56.1 Å². The predicted octanol–water partition coefficient (Wildman–Crippen LogP) is -1.35. The number of aliphatic hydroxyl groups is 1. The lowest BCUT2D eigenvalue weighted by Crippen LogP contribution is -2.49. The highest BCUT2D eigenvalue weighted by molar-refractivity contribution is 7.47. The number of benzene rings is 1. The number of esters is 1. The standard InChI is InChI=1S/C32H42N10O15P2/c1-2-35-12-23(43)39-18(10-17-6-4-3-5-7-17)31(45)56-27-21(55-30(26(27)44)42-16-38-25-28(34)36-15-37-29(25)42)14-53-59(50,51)57-19-11-24(41-9-8-22(33)40-32(41)46)54-20(19)13-52-58(47,48)49/h3-9,15-16,18-21,24,26-27,30,35,44H,2,10-14H2,1H3,(H,39,43)(H,50,51)(H2,33,40,46)(H2,34,36,37)(H2,47,48,49)/t18-,19?,20+,21+,24+,26?,27?,30+/m0/s1. The second-order valence-corrected chi connectivity index (χ2v) is 15.9. The van der Waals surface area contributed by atoms with Gasteiger partial charge in [0, 0.05) is 19.0 Å². The number of ether oxygens (including phenoxy) is 3. The number of anilines is 2. The molecule has 6 rings (SSSR count). The van der Waals surface area contributed by atoms with Crippen LogP contribution in [0.1, 0.15) is 31.4 Å². The molecule has 2 saturated heterocycles. The number of nitrogens with one attached hydrogen (secondary N) is 2. The van der Waals surface area contributed by atoms with Crippen LogP contribution in [0.5, 0.6) is 0 Å². The van der Waals surface area contributed by atoms with Gasteiger partial charge >= 0.3 is 27.3 Å². The number of carbonyl (C=O) groups is 2. The van der Waals surface area contributed by atoms with E-state index in [4.69, 9.17) is 34.7 Å². The predicted molar refractivity (Wildman–Crippen MR) is 200 cm³/mol. The minimum Gasteiger partial charge on any atom is -0.455 e. The van der Waals surface area contributed by atoms with Crippen molar-refractivity contribution in [1.29, 1.82) is 0 Å². The number of carbonyl (C=O) groups excluding carboxylic acids is 2. The van der Waals surface area contributed by atoms with Crippen LogP contribution in [0.4, 0.5) is 11.6 Å². The molecule has 2 aliphatic heterocycles. The minimum atomic E-state index is -5.21. The molecule has 0 spiro atoms. The summed E-state index contributed by atoms with van der Waals surface area (Å²) in [6.45, 7) is 0.441. The molecule has 10 N–H and O–H groups in total. The molecule has 1 aromatic carbocycles. The Bertz CT molecular complexity index is 2260. The van der Waals surface area contributed by atoms with Gasteiger partial charge in [0.05, 0.1) is 26.1 Å². The van der Waals surface area contributed by atoms with Gasteiger partial charge in [0.1, 0.15) is 54.3 Å². The lowest BCUT2D eigenvalue weighted by Gasteiger charge is -2.25. The summed E-state index contributed by atoms with van der Waals surface area (Å²) in [6, 6.07) is 8.74. The molecule has 4 unspecified atom stereocenters. The number of likely N-dealkylation sites (N-methyl/N-ethyl adjacent to an activating group) is 1. The van der Waals surface area contributed by atoms with E-state index in [0.29, 0.717) is 12.1 Å². The summed E-state index contributed by atoms with van der Waals surface area (Å²) in [7, 11) is -10.3. The smallest absolute Gasteiger partial charge is 0.455 e. The van der Waals surface area contributed by atoms with Gasteiger partial charge in [-0.05, 0) is 18.2 Å². The van der Waals surface area contributed by atoms with Gasteiger partial charge in [-0.3, -0.25) is 27.5 Å². The number of hydrogen-bond donors (Lipinski definition) is 8. The van der Waals surface area contributed by atoms with Crippen molar-refractivity contribution in [2.75, 3.05) is 37.8 Å². The van der Waals surface area contributed by atoms with Crippen molar-refractivity contribution in [3.8, 4) is 0 Å². The average molecular weight is 869 g/mol. The summed E-state index contributed by atoms with van der Waals surface area (Å²) in [6.07, 6.45) is -7.09. The number of phosphoric ester groups is 2. The molecule has 27 heteroatoms. The summed E-state index contributed by atoms with van der Waals surface area (Å²) >= 11 is 0. The van der Waals surface area contributed by atoms with Crippen LogP contribution in [0.25, 0.3) is 11.2 Å². The Morgan fingerprint density at radius 3 is 2.47 bits per heavy atom. The minimum absolute atomic E-state index is 0.0102. The number of rotatable bonds is 18. The van der Waals surface area contributed by atoms with Crippen molar-refractivity contribution in [2.45, 2.75) is 68.8 Å². The topological polar surface area (TPSA) is 359 Å². The Kier molecular flexibility index (Phi) is 13.9. The summed E-state index contributed by atoms with van der Waals surface area (Å²) < 4.78 is 60.1. The third-order valence-electron chi connectivity index (χ3n) is 9.08. The first-order valence-corrected chi connectivity index (χ1v) is 20.9. The van der Waals surface area contributed by atoms with E-state index in [9.17, 15) is 43.3 Å². The van der Waals surface area contributed by atoms with Crippen LogP contribution >= 0.6 is 15.6 Å². The Hall–Kier alpha value is -4.75. The van der Waals surface area contributed by atoms with E-state index in [1.807, 2.05) is 0 Å². The molecule has 2 fully saturated rings. The Morgan fingerprint density at radius 1 is 1.02 bits per heavy atom. The van der Waals surface area contributed by atoms with Gasteiger partial charge in [0.2, 0.25) is 5.91 Å². The summed E-state index contributed by atoms with van der Waals surface area (Å²) in [5.41, 5.74) is 11.6. The largest absolute Gasteiger partial charge is 0.472 e. The van der Waals surface area contributed by atoms with E-state index >= 15 is 0 Å². The molecule has 2 aliphatic rings. The van der Waals surface area contributed by atoms with Crippen LogP contribution in [0.3, 0.4) is 0 Å². The molecule has 0 bridgehead atoms. The highest BCUT2D eigenvalue weighted by Gasteiger charge is 2.50. The quantitative estimate of drug-likeness (QED) is 0.0423. The molecule has 4 aromatic rings. The van der Waals surface area contributed by atoms with Crippen LogP contribution in [0, 0.1) is 0 Å². The highest BCUT2D eigenvalue weighted by Crippen LogP contribution is 2.50. The number of aromatic nitrogens is 6. The van der Waals surface area contributed by atoms with E-state index < -0.39 is 95.4 Å². The van der Waals surface area contributed by atoms with Crippen molar-refractivity contribution in [3.05, 3.63) is 71.3 Å². The van der Waals surface area contributed by atoms with Crippen LogP contribution in [-0.2, 0) is 52.9 Å². The van der Waals surface area contributed by atoms with Crippen molar-refractivity contribution < 1.29 is 66.3 Å². The molecule has 59 heavy (non-hydrogen) atoms. The van der Waals surface area contributed by atoms with E-state index in [1.165, 1.54) is 23.2 Å². The van der Waals surface area contributed by atoms with Crippen molar-refractivity contribution >= 4 is 50.3 Å². The fraction of sp³-hybridized carbons (Fsp3) is 0.469. The van der Waals surface area contributed by atoms with Crippen molar-refractivity contribution in [1.82, 2.24) is 39.7 Å². The number of nitrogen functional groups attached to an aromatic ring is 2. The molecule has 320 valence electrons. The third kappa shape index (κ3) is 11.1. The van der Waals surface area contributed by atoms with E-state index in [0.717, 1.165) is 10.9 Å². The second-order valence-electron chi connectivity index (χ2n) is 13.2. The molecular formula is C32H42N10O15P2. The third-order valence-corrected chi connectivity index (χ3v) is 10.6. The van der Waals surface area contributed by atoms with E-state index in [-0.39, 0.29) is 42.2 Å². The van der Waals surface area contributed by atoms with Gasteiger partial charge in [-0.1, -0.05) is 37.3 Å². The fourth-order valence-corrected chi connectivity index (χ4v) is 7.65. The van der Waals surface area contributed by atoms with Crippen LogP contribution in [0.2, 0.25) is 0 Å². The van der Waals surface area contributed by atoms with Gasteiger partial charge in [0.25, 0.3) is 0 Å². The van der Waals surface area contributed by atoms with Gasteiger partial charge in [-0.2, -0.15) is 4.98 Å². The number of fused-ring (bicyclic) bond motifs is 1. The first kappa shape index (κ1) is 43.8. The zero-order valence-electron chi connectivity index (χ0n) is 31.1. The maximum absolute atomic E-state index is 13.9. The van der Waals surface area contributed by atoms with Crippen LogP contribution in [-0.4, -0.2) is 124 Å². The Labute approximate surface area is 333 Å². The molecule has 1 amide bonds. The maximum atomic E-state index is 13.9. The fourth-order valence-electron chi connectivity index (χ4n) is 6.35. The highest BCUT2D eigenvalue weighted by atomic mass is 31.2. The number of amides is 1. The summed E-state index contributed by atoms with van der Waals surface area (Å²) in [4.78, 5) is 84.5. The van der Waals surface area contributed by atoms with Gasteiger partial charge in [0.15, 0.2) is 23.8 Å². The van der Waals surface area contributed by atoms with Crippen molar-refractivity contribution in [2.24, 2.45) is 0 Å². The zero-order valence-corrected chi connectivity index (χ0v) is 32.9. The molecule has 0 radical (unpaired) electrons. The SMILES string of the molecule is CCNCC(=O)N[C@@H](Cc1ccccc1)C(=O)OC1C(O)[C@H](n2cnc3c(N)ncnc32)O[C@@H]1COP(=O)(O)OC1C[C@H](n2ccc(N)nc2=O)O[C@@H]1COP(=O)(O)O. The van der Waals surface area contributed by atoms with E-state index in [2.05, 4.69) is 35.1 Å². The summed E-state index contributed by atoms with van der Waals surface area (Å²) in [5, 5.41) is 17.2. The first-order chi connectivity index (χ1) is 28.0. The number of nitrogens with two attached hydrogens (primary N) is 2. The number of phosphoric acid groups is 2. The normalized spacial score (nSPS) is 24.8. The van der Waals surface area contributed by atoms with Crippen molar-refractivity contribution in [3.63, 3.8) is 0 Å². The second kappa shape index (κ2) is 18.7. The molecule has 3 aromatic heterocycles. The molecular weight excluding hydrogens is 826 g/mol. The van der Waals surface area contributed by atoms with E-state index in [1.54, 1.807) is 37.3 Å². The molecule has 25 nitrogen and oxygen atoms in total.